The quantitative estimate of drug-likeness (QED) is 0.687. The molecule has 1 fully saturated rings. The van der Waals surface area contributed by atoms with Crippen LogP contribution in [0.2, 0.25) is 5.28 Å². The average Bonchev–Trinajstić information content (AvgIpc) is 2.69. The van der Waals surface area contributed by atoms with E-state index >= 15 is 0 Å². The number of nitrogen functional groups attached to an aromatic ring is 1. The van der Waals surface area contributed by atoms with E-state index in [4.69, 9.17) is 22.1 Å². The Balaban J connectivity index is 2.08. The van der Waals surface area contributed by atoms with Crippen LogP contribution in [0.25, 0.3) is 0 Å². The van der Waals surface area contributed by atoms with Gasteiger partial charge in [-0.15, -0.1) is 0 Å². The molecular formula is C10H15ClN4O2. The summed E-state index contributed by atoms with van der Waals surface area (Å²) in [6.45, 7) is 2.96. The second kappa shape index (κ2) is 4.64. The molecule has 2 rings (SSSR count). The normalized spacial score (nSPS) is 23.9. The Labute approximate surface area is 104 Å². The van der Waals surface area contributed by atoms with Crippen LogP contribution in [0.3, 0.4) is 0 Å². The number of nitrogens with two attached hydrogens (primary N) is 1. The third kappa shape index (κ3) is 2.77. The summed E-state index contributed by atoms with van der Waals surface area (Å²) in [6, 6.07) is 0. The fourth-order valence-corrected chi connectivity index (χ4v) is 1.88. The number of aliphatic hydroxyl groups is 1. The number of rotatable bonds is 3. The van der Waals surface area contributed by atoms with Crippen molar-refractivity contribution in [3.63, 3.8) is 0 Å². The Kier molecular flexibility index (Phi) is 3.37. The van der Waals surface area contributed by atoms with Crippen molar-refractivity contribution >= 4 is 23.1 Å². The van der Waals surface area contributed by atoms with Crippen molar-refractivity contribution < 1.29 is 9.84 Å². The lowest BCUT2D eigenvalue weighted by Crippen LogP contribution is -2.37. The first-order chi connectivity index (χ1) is 8.00. The number of nitrogens with one attached hydrogen (secondary N) is 1. The van der Waals surface area contributed by atoms with Crippen LogP contribution in [0.5, 0.6) is 0 Å². The molecule has 0 amide bonds. The Morgan fingerprint density at radius 3 is 3.00 bits per heavy atom. The number of ether oxygens (including phenoxy) is 1. The Morgan fingerprint density at radius 1 is 1.59 bits per heavy atom. The molecule has 0 bridgehead atoms. The standard InChI is InChI=1S/C10H15ClN4O2/c1-6-7(12)8(15-9(11)14-6)13-4-10(16)2-3-17-5-10/h16H,2-5,12H2,1H3,(H,13,14,15). The highest BCUT2D eigenvalue weighted by Crippen LogP contribution is 2.23. The molecule has 1 unspecified atom stereocenters. The first kappa shape index (κ1) is 12.3. The number of aryl methyl sites for hydroxylation is 1. The molecule has 7 heteroatoms. The summed E-state index contributed by atoms with van der Waals surface area (Å²) in [5, 5.41) is 13.2. The van der Waals surface area contributed by atoms with Crippen molar-refractivity contribution in [2.75, 3.05) is 30.8 Å². The second-order valence-electron chi connectivity index (χ2n) is 4.22. The molecule has 1 aromatic rings. The molecule has 17 heavy (non-hydrogen) atoms. The van der Waals surface area contributed by atoms with Gasteiger partial charge in [-0.2, -0.15) is 4.98 Å². The summed E-state index contributed by atoms with van der Waals surface area (Å²) < 4.78 is 5.15. The van der Waals surface area contributed by atoms with Crippen LogP contribution < -0.4 is 11.1 Å². The molecule has 0 saturated carbocycles. The lowest BCUT2D eigenvalue weighted by Gasteiger charge is -2.21. The maximum Gasteiger partial charge on any atom is 0.224 e. The second-order valence-corrected chi connectivity index (χ2v) is 4.56. The van der Waals surface area contributed by atoms with Crippen molar-refractivity contribution in [1.29, 1.82) is 0 Å². The van der Waals surface area contributed by atoms with Crippen LogP contribution in [0.1, 0.15) is 12.1 Å². The molecule has 1 aliphatic heterocycles. The van der Waals surface area contributed by atoms with E-state index < -0.39 is 5.60 Å². The van der Waals surface area contributed by atoms with Gasteiger partial charge in [0.15, 0.2) is 5.82 Å². The number of anilines is 2. The molecule has 6 nitrogen and oxygen atoms in total. The van der Waals surface area contributed by atoms with E-state index in [0.717, 1.165) is 0 Å². The minimum atomic E-state index is -0.863. The van der Waals surface area contributed by atoms with Gasteiger partial charge in [-0.05, 0) is 18.5 Å². The predicted octanol–water partition coefficient (Wildman–Crippen LogP) is 0.584. The van der Waals surface area contributed by atoms with Crippen molar-refractivity contribution in [3.05, 3.63) is 11.0 Å². The zero-order chi connectivity index (χ0) is 12.5. The summed E-state index contributed by atoms with van der Waals surface area (Å²) in [4.78, 5) is 7.92. The number of hydrogen-bond donors (Lipinski definition) is 3. The van der Waals surface area contributed by atoms with Crippen molar-refractivity contribution in [2.45, 2.75) is 18.9 Å². The predicted molar refractivity (Wildman–Crippen MR) is 65.1 cm³/mol. The molecule has 94 valence electrons. The SMILES string of the molecule is Cc1nc(Cl)nc(NCC2(O)CCOC2)c1N. The van der Waals surface area contributed by atoms with Crippen LogP contribution in [0.15, 0.2) is 0 Å². The molecule has 1 atom stereocenters. The molecule has 1 aliphatic rings. The number of nitrogens with zero attached hydrogens (tertiary/aromatic N) is 2. The number of aromatic nitrogens is 2. The summed E-state index contributed by atoms with van der Waals surface area (Å²) in [6.07, 6.45) is 0.595. The first-order valence-corrected chi connectivity index (χ1v) is 5.72. The van der Waals surface area contributed by atoms with Gasteiger partial charge in [0, 0.05) is 19.6 Å². The third-order valence-electron chi connectivity index (χ3n) is 2.78. The van der Waals surface area contributed by atoms with Crippen LogP contribution >= 0.6 is 11.6 Å². The van der Waals surface area contributed by atoms with Crippen LogP contribution in [-0.2, 0) is 4.74 Å². The zero-order valence-electron chi connectivity index (χ0n) is 9.53. The van der Waals surface area contributed by atoms with Gasteiger partial charge in [0.1, 0.15) is 5.60 Å². The topological polar surface area (TPSA) is 93.3 Å². The van der Waals surface area contributed by atoms with Gasteiger partial charge in [0.2, 0.25) is 5.28 Å². The molecular weight excluding hydrogens is 244 g/mol. The first-order valence-electron chi connectivity index (χ1n) is 5.34. The minimum absolute atomic E-state index is 0.133. The Hall–Kier alpha value is -1.11. The van der Waals surface area contributed by atoms with E-state index in [2.05, 4.69) is 15.3 Å². The minimum Gasteiger partial charge on any atom is -0.394 e. The molecule has 2 heterocycles. The molecule has 0 aliphatic carbocycles. The summed E-state index contributed by atoms with van der Waals surface area (Å²) >= 11 is 5.75. The third-order valence-corrected chi connectivity index (χ3v) is 2.95. The van der Waals surface area contributed by atoms with Gasteiger partial charge >= 0.3 is 0 Å². The molecule has 0 spiro atoms. The van der Waals surface area contributed by atoms with Gasteiger partial charge in [-0.3, -0.25) is 0 Å². The van der Waals surface area contributed by atoms with Gasteiger partial charge in [0.05, 0.1) is 18.0 Å². The van der Waals surface area contributed by atoms with Crippen molar-refractivity contribution in [1.82, 2.24) is 9.97 Å². The maximum atomic E-state index is 10.1. The molecule has 1 saturated heterocycles. The lowest BCUT2D eigenvalue weighted by molar-refractivity contribution is 0.0381. The molecule has 0 aromatic carbocycles. The molecule has 4 N–H and O–H groups in total. The Morgan fingerprint density at radius 2 is 2.35 bits per heavy atom. The molecule has 0 radical (unpaired) electrons. The fourth-order valence-electron chi connectivity index (χ4n) is 1.67. The van der Waals surface area contributed by atoms with E-state index in [9.17, 15) is 5.11 Å². The van der Waals surface area contributed by atoms with E-state index in [1.54, 1.807) is 6.92 Å². The highest BCUT2D eigenvalue weighted by Gasteiger charge is 2.32. The van der Waals surface area contributed by atoms with Crippen molar-refractivity contribution in [2.24, 2.45) is 0 Å². The van der Waals surface area contributed by atoms with E-state index in [-0.39, 0.29) is 5.28 Å². The van der Waals surface area contributed by atoms with Crippen LogP contribution in [-0.4, -0.2) is 40.4 Å². The largest absolute Gasteiger partial charge is 0.394 e. The van der Waals surface area contributed by atoms with Gasteiger partial charge in [0.25, 0.3) is 0 Å². The van der Waals surface area contributed by atoms with Gasteiger partial charge < -0.3 is 20.9 Å². The summed E-state index contributed by atoms with van der Waals surface area (Å²) in [5.74, 6) is 0.447. The van der Waals surface area contributed by atoms with E-state index in [1.165, 1.54) is 0 Å². The van der Waals surface area contributed by atoms with Crippen molar-refractivity contribution in [3.8, 4) is 0 Å². The summed E-state index contributed by atoms with van der Waals surface area (Å²) in [5.41, 5.74) is 6.01. The van der Waals surface area contributed by atoms with Crippen LogP contribution in [0.4, 0.5) is 11.5 Å². The lowest BCUT2D eigenvalue weighted by atomic mass is 10.0. The molecule has 1 aromatic heterocycles. The fraction of sp³-hybridized carbons (Fsp3) is 0.600. The average molecular weight is 259 g/mol. The van der Waals surface area contributed by atoms with E-state index in [1.807, 2.05) is 0 Å². The number of halogens is 1. The summed E-state index contributed by atoms with van der Waals surface area (Å²) in [7, 11) is 0. The Bertz CT molecular complexity index is 421. The van der Waals surface area contributed by atoms with Crippen LogP contribution in [0, 0.1) is 6.92 Å². The smallest absolute Gasteiger partial charge is 0.224 e. The van der Waals surface area contributed by atoms with Gasteiger partial charge in [-0.25, -0.2) is 4.98 Å². The maximum absolute atomic E-state index is 10.1. The zero-order valence-corrected chi connectivity index (χ0v) is 10.3. The monoisotopic (exact) mass is 258 g/mol. The number of hydrogen-bond acceptors (Lipinski definition) is 6. The highest BCUT2D eigenvalue weighted by atomic mass is 35.5. The van der Waals surface area contributed by atoms with Gasteiger partial charge in [-0.1, -0.05) is 0 Å². The van der Waals surface area contributed by atoms with E-state index in [0.29, 0.717) is 43.4 Å². The highest BCUT2D eigenvalue weighted by molar-refractivity contribution is 6.28.